The summed E-state index contributed by atoms with van der Waals surface area (Å²) in [4.78, 5) is 47.9. The topological polar surface area (TPSA) is 133 Å². The number of imide groups is 1. The summed E-state index contributed by atoms with van der Waals surface area (Å²) in [6.45, 7) is 0.139. The van der Waals surface area contributed by atoms with Crippen LogP contribution in [-0.2, 0) is 11.3 Å². The van der Waals surface area contributed by atoms with Crippen LogP contribution in [0.15, 0.2) is 89.8 Å². The number of carbonyl (C=O) groups is 2. The summed E-state index contributed by atoms with van der Waals surface area (Å²) in [6.07, 6.45) is 1.54. The molecule has 0 saturated carbocycles. The minimum absolute atomic E-state index is 0.139. The van der Waals surface area contributed by atoms with Crippen LogP contribution in [0.3, 0.4) is 0 Å². The van der Waals surface area contributed by atoms with Crippen molar-refractivity contribution in [3.8, 4) is 11.5 Å². The van der Waals surface area contributed by atoms with Gasteiger partial charge in [0.2, 0.25) is 5.75 Å². The van der Waals surface area contributed by atoms with Crippen LogP contribution in [0.1, 0.15) is 11.1 Å². The van der Waals surface area contributed by atoms with Gasteiger partial charge in [0.15, 0.2) is 0 Å². The molecule has 5 rings (SSSR count). The van der Waals surface area contributed by atoms with E-state index in [1.165, 1.54) is 4.90 Å². The summed E-state index contributed by atoms with van der Waals surface area (Å²) < 4.78 is 5.63. The molecule has 4 aromatic rings. The third-order valence-corrected chi connectivity index (χ3v) is 6.67. The molecule has 11 heteroatoms. The first kappa shape index (κ1) is 24.7. The first-order chi connectivity index (χ1) is 18.3. The molecule has 1 aliphatic heterocycles. The molecule has 0 aromatic heterocycles. The maximum Gasteiger partial charge on any atom is 0.318 e. The molecule has 0 radical (unpaired) electrons. The second-order valence-corrected chi connectivity index (χ2v) is 9.28. The van der Waals surface area contributed by atoms with Gasteiger partial charge in [-0.15, -0.1) is 0 Å². The van der Waals surface area contributed by atoms with Gasteiger partial charge in [0.05, 0.1) is 27.4 Å². The highest BCUT2D eigenvalue weighted by Crippen LogP contribution is 2.36. The SMILES string of the molecule is O=C1S/C(=C/c2cccc(Oc3ccc([N+](=O)[O-])cc3[N+](=O)[O-])c2)C(=O)N1Cc1ccc2ccccc2c1. The van der Waals surface area contributed by atoms with Gasteiger partial charge in [-0.1, -0.05) is 48.5 Å². The smallest absolute Gasteiger partial charge is 0.318 e. The molecule has 188 valence electrons. The van der Waals surface area contributed by atoms with Gasteiger partial charge >= 0.3 is 5.69 Å². The number of non-ortho nitro benzene ring substituents is 1. The zero-order chi connectivity index (χ0) is 26.8. The van der Waals surface area contributed by atoms with E-state index in [-0.39, 0.29) is 28.2 Å². The van der Waals surface area contributed by atoms with Crippen molar-refractivity contribution in [3.63, 3.8) is 0 Å². The van der Waals surface area contributed by atoms with Crippen molar-refractivity contribution in [3.05, 3.63) is 121 Å². The number of benzene rings is 4. The number of nitro benzene ring substituents is 2. The molecule has 38 heavy (non-hydrogen) atoms. The Labute approximate surface area is 219 Å². The Balaban J connectivity index is 1.35. The lowest BCUT2D eigenvalue weighted by Gasteiger charge is -2.13. The van der Waals surface area contributed by atoms with Crippen LogP contribution < -0.4 is 4.74 Å². The lowest BCUT2D eigenvalue weighted by atomic mass is 10.1. The summed E-state index contributed by atoms with van der Waals surface area (Å²) >= 11 is 0.825. The van der Waals surface area contributed by atoms with Crippen LogP contribution in [0.4, 0.5) is 16.2 Å². The molecule has 1 aliphatic rings. The summed E-state index contributed by atoms with van der Waals surface area (Å²) in [5, 5.41) is 24.0. The third kappa shape index (κ3) is 5.08. The molecule has 0 unspecified atom stereocenters. The number of carbonyl (C=O) groups excluding carboxylic acids is 2. The zero-order valence-electron chi connectivity index (χ0n) is 19.5. The van der Waals surface area contributed by atoms with E-state index >= 15 is 0 Å². The fourth-order valence-electron chi connectivity index (χ4n) is 3.95. The number of hydrogen-bond acceptors (Lipinski definition) is 8. The highest BCUT2D eigenvalue weighted by Gasteiger charge is 2.35. The zero-order valence-corrected chi connectivity index (χ0v) is 20.3. The standard InChI is InChI=1S/C27H17N3O7S/c31-26-25(38-27(32)28(26)16-18-8-9-19-5-1-2-6-20(19)12-18)14-17-4-3-7-22(13-17)37-24-11-10-21(29(33)34)15-23(24)30(35)36/h1-15H,16H2/b25-14+. The molecular weight excluding hydrogens is 510 g/mol. The van der Waals surface area contributed by atoms with Crippen molar-refractivity contribution in [1.29, 1.82) is 0 Å². The van der Waals surface area contributed by atoms with E-state index in [0.717, 1.165) is 46.3 Å². The molecule has 0 spiro atoms. The van der Waals surface area contributed by atoms with Crippen molar-refractivity contribution in [1.82, 2.24) is 4.90 Å². The van der Waals surface area contributed by atoms with Gasteiger partial charge in [-0.05, 0) is 64.0 Å². The molecule has 10 nitrogen and oxygen atoms in total. The van der Waals surface area contributed by atoms with E-state index in [4.69, 9.17) is 4.74 Å². The summed E-state index contributed by atoms with van der Waals surface area (Å²) in [5.74, 6) is -0.384. The molecule has 4 aromatic carbocycles. The Bertz CT molecular complexity index is 1670. The Kier molecular flexibility index (Phi) is 6.58. The van der Waals surface area contributed by atoms with Crippen LogP contribution in [0, 0.1) is 20.2 Å². The predicted octanol–water partition coefficient (Wildman–Crippen LogP) is 6.69. The van der Waals surface area contributed by atoms with E-state index < -0.39 is 27.1 Å². The molecule has 0 bridgehead atoms. The number of nitrogens with zero attached hydrogens (tertiary/aromatic N) is 3. The molecule has 1 saturated heterocycles. The molecule has 2 amide bonds. The monoisotopic (exact) mass is 527 g/mol. The lowest BCUT2D eigenvalue weighted by Crippen LogP contribution is -2.27. The van der Waals surface area contributed by atoms with Crippen LogP contribution in [0.25, 0.3) is 16.8 Å². The second kappa shape index (κ2) is 10.1. The van der Waals surface area contributed by atoms with Crippen molar-refractivity contribution >= 4 is 51.1 Å². The number of amides is 2. The van der Waals surface area contributed by atoms with Gasteiger partial charge < -0.3 is 4.74 Å². The second-order valence-electron chi connectivity index (χ2n) is 8.29. The number of nitro groups is 2. The summed E-state index contributed by atoms with van der Waals surface area (Å²) in [6, 6.07) is 23.1. The Morgan fingerprint density at radius 3 is 2.39 bits per heavy atom. The maximum absolute atomic E-state index is 13.0. The van der Waals surface area contributed by atoms with Gasteiger partial charge in [-0.2, -0.15) is 0 Å². The first-order valence-electron chi connectivity index (χ1n) is 11.2. The van der Waals surface area contributed by atoms with E-state index in [0.29, 0.717) is 5.56 Å². The fraction of sp³-hybridized carbons (Fsp3) is 0.0370. The minimum atomic E-state index is -0.766. The molecular formula is C27H17N3O7S. The third-order valence-electron chi connectivity index (χ3n) is 5.76. The Morgan fingerprint density at radius 2 is 1.63 bits per heavy atom. The van der Waals surface area contributed by atoms with E-state index in [1.807, 2.05) is 42.5 Å². The highest BCUT2D eigenvalue weighted by molar-refractivity contribution is 8.18. The minimum Gasteiger partial charge on any atom is -0.450 e. The predicted molar refractivity (Wildman–Crippen MR) is 142 cm³/mol. The van der Waals surface area contributed by atoms with E-state index in [1.54, 1.807) is 30.3 Å². The normalized spacial score (nSPS) is 14.3. The number of thioether (sulfide) groups is 1. The lowest BCUT2D eigenvalue weighted by molar-refractivity contribution is -0.394. The van der Waals surface area contributed by atoms with Gasteiger partial charge in [-0.25, -0.2) is 0 Å². The number of fused-ring (bicyclic) bond motifs is 1. The number of rotatable bonds is 7. The van der Waals surface area contributed by atoms with Crippen molar-refractivity contribution in [2.45, 2.75) is 6.54 Å². The van der Waals surface area contributed by atoms with Crippen LogP contribution in [0.2, 0.25) is 0 Å². The molecule has 0 atom stereocenters. The van der Waals surface area contributed by atoms with E-state index in [2.05, 4.69) is 0 Å². The number of ether oxygens (including phenoxy) is 1. The van der Waals surface area contributed by atoms with Crippen molar-refractivity contribution in [2.24, 2.45) is 0 Å². The molecule has 1 fully saturated rings. The number of hydrogen-bond donors (Lipinski definition) is 0. The van der Waals surface area contributed by atoms with Crippen LogP contribution in [0.5, 0.6) is 11.5 Å². The Hall–Kier alpha value is -5.03. The van der Waals surface area contributed by atoms with Crippen molar-refractivity contribution in [2.75, 3.05) is 0 Å². The van der Waals surface area contributed by atoms with Crippen molar-refractivity contribution < 1.29 is 24.2 Å². The van der Waals surface area contributed by atoms with E-state index in [9.17, 15) is 29.8 Å². The van der Waals surface area contributed by atoms with Crippen LogP contribution in [-0.4, -0.2) is 25.9 Å². The van der Waals surface area contributed by atoms with Crippen LogP contribution >= 0.6 is 11.8 Å². The van der Waals surface area contributed by atoms with Gasteiger partial charge in [0, 0.05) is 6.07 Å². The van der Waals surface area contributed by atoms with Gasteiger partial charge in [-0.3, -0.25) is 34.7 Å². The first-order valence-corrected chi connectivity index (χ1v) is 12.0. The largest absolute Gasteiger partial charge is 0.450 e. The molecule has 0 N–H and O–H groups in total. The quantitative estimate of drug-likeness (QED) is 0.148. The maximum atomic E-state index is 13.0. The summed E-state index contributed by atoms with van der Waals surface area (Å²) in [5.41, 5.74) is 0.368. The Morgan fingerprint density at radius 1 is 0.842 bits per heavy atom. The average molecular weight is 528 g/mol. The fourth-order valence-corrected chi connectivity index (χ4v) is 4.79. The van der Waals surface area contributed by atoms with Gasteiger partial charge in [0.1, 0.15) is 5.75 Å². The highest BCUT2D eigenvalue weighted by atomic mass is 32.2. The van der Waals surface area contributed by atoms with Gasteiger partial charge in [0.25, 0.3) is 16.8 Å². The average Bonchev–Trinajstić information content (AvgIpc) is 3.16. The molecule has 1 heterocycles. The summed E-state index contributed by atoms with van der Waals surface area (Å²) in [7, 11) is 0. The molecule has 0 aliphatic carbocycles.